The smallest absolute Gasteiger partial charge is 0.126 e. The quantitative estimate of drug-likeness (QED) is 0.629. The van der Waals surface area contributed by atoms with Crippen LogP contribution in [0, 0.1) is 5.92 Å². The van der Waals surface area contributed by atoms with Gasteiger partial charge in [0.05, 0.1) is 24.9 Å². The zero-order chi connectivity index (χ0) is 14.5. The summed E-state index contributed by atoms with van der Waals surface area (Å²) in [6.07, 6.45) is 9.01. The molecule has 0 unspecified atom stereocenters. The van der Waals surface area contributed by atoms with Crippen molar-refractivity contribution in [3.05, 3.63) is 48.0 Å². The molecule has 112 valence electrons. The number of carbonyl (C=O) groups excluding carboxylic acids is 1. The second-order valence-corrected chi connectivity index (χ2v) is 5.96. The van der Waals surface area contributed by atoms with Crippen LogP contribution in [0.3, 0.4) is 0 Å². The third-order valence-corrected chi connectivity index (χ3v) is 4.58. The van der Waals surface area contributed by atoms with Crippen LogP contribution in [0.5, 0.6) is 0 Å². The van der Waals surface area contributed by atoms with E-state index < -0.39 is 0 Å². The van der Waals surface area contributed by atoms with Gasteiger partial charge < -0.3 is 14.3 Å². The standard InChI is InChI=1S/C18H22O3/c19-13-16-12-17(20-14-15-6-2-1-3-7-15)8-4-9-18(16)10-5-11-21-18/h1-3,5-7,10,13,16-17H,4,8-9,11-12,14H2/t16-,17+,18+/m1/s1. The van der Waals surface area contributed by atoms with E-state index in [2.05, 4.69) is 18.2 Å². The van der Waals surface area contributed by atoms with Gasteiger partial charge in [-0.15, -0.1) is 0 Å². The van der Waals surface area contributed by atoms with Gasteiger partial charge in [-0.3, -0.25) is 0 Å². The first kappa shape index (κ1) is 14.5. The van der Waals surface area contributed by atoms with Crippen LogP contribution in [0.2, 0.25) is 0 Å². The van der Waals surface area contributed by atoms with Crippen molar-refractivity contribution in [2.75, 3.05) is 6.61 Å². The SMILES string of the molecule is O=C[C@H]1C[C@@H](OCc2ccccc2)CCC[C@]12C=CCO2. The predicted molar refractivity (Wildman–Crippen MR) is 80.9 cm³/mol. The van der Waals surface area contributed by atoms with Gasteiger partial charge in [-0.25, -0.2) is 0 Å². The molecule has 1 saturated carbocycles. The average Bonchev–Trinajstić information content (AvgIpc) is 2.92. The van der Waals surface area contributed by atoms with Crippen LogP contribution >= 0.6 is 0 Å². The van der Waals surface area contributed by atoms with E-state index in [4.69, 9.17) is 9.47 Å². The maximum atomic E-state index is 11.5. The predicted octanol–water partition coefficient (Wildman–Crippen LogP) is 3.29. The minimum Gasteiger partial charge on any atom is -0.374 e. The van der Waals surface area contributed by atoms with Crippen molar-refractivity contribution in [3.8, 4) is 0 Å². The second kappa shape index (κ2) is 6.54. The van der Waals surface area contributed by atoms with Crippen molar-refractivity contribution in [1.82, 2.24) is 0 Å². The Morgan fingerprint density at radius 3 is 2.90 bits per heavy atom. The molecule has 0 bridgehead atoms. The molecule has 1 heterocycles. The van der Waals surface area contributed by atoms with Gasteiger partial charge in [0, 0.05) is 5.92 Å². The summed E-state index contributed by atoms with van der Waals surface area (Å²) in [5.41, 5.74) is 0.809. The number of hydrogen-bond donors (Lipinski definition) is 0. The molecular formula is C18H22O3. The highest BCUT2D eigenvalue weighted by molar-refractivity contribution is 5.57. The lowest BCUT2D eigenvalue weighted by Gasteiger charge is -2.31. The van der Waals surface area contributed by atoms with E-state index in [1.807, 2.05) is 24.3 Å². The van der Waals surface area contributed by atoms with Crippen LogP contribution in [0.25, 0.3) is 0 Å². The first-order chi connectivity index (χ1) is 10.3. The number of ether oxygens (including phenoxy) is 2. The summed E-state index contributed by atoms with van der Waals surface area (Å²) in [5.74, 6) is -0.0977. The zero-order valence-electron chi connectivity index (χ0n) is 12.2. The van der Waals surface area contributed by atoms with Crippen molar-refractivity contribution >= 4 is 6.29 Å². The van der Waals surface area contributed by atoms with E-state index in [-0.39, 0.29) is 17.6 Å². The summed E-state index contributed by atoms with van der Waals surface area (Å²) in [4.78, 5) is 11.5. The van der Waals surface area contributed by atoms with Crippen molar-refractivity contribution in [2.24, 2.45) is 5.92 Å². The van der Waals surface area contributed by atoms with Crippen LogP contribution in [0.4, 0.5) is 0 Å². The van der Waals surface area contributed by atoms with Gasteiger partial charge in [0.25, 0.3) is 0 Å². The Labute approximate surface area is 125 Å². The molecule has 1 spiro atoms. The minimum absolute atomic E-state index is 0.0977. The van der Waals surface area contributed by atoms with Gasteiger partial charge in [0.2, 0.25) is 0 Å². The zero-order valence-corrected chi connectivity index (χ0v) is 12.2. The molecule has 0 aromatic heterocycles. The third kappa shape index (κ3) is 3.25. The van der Waals surface area contributed by atoms with Gasteiger partial charge in [-0.2, -0.15) is 0 Å². The van der Waals surface area contributed by atoms with Crippen LogP contribution in [-0.2, 0) is 20.9 Å². The van der Waals surface area contributed by atoms with Crippen molar-refractivity contribution < 1.29 is 14.3 Å². The molecule has 3 atom stereocenters. The summed E-state index contributed by atoms with van der Waals surface area (Å²) in [6.45, 7) is 1.24. The first-order valence-corrected chi connectivity index (χ1v) is 7.75. The number of hydrogen-bond acceptors (Lipinski definition) is 3. The fourth-order valence-electron chi connectivity index (χ4n) is 3.39. The topological polar surface area (TPSA) is 35.5 Å². The van der Waals surface area contributed by atoms with Crippen LogP contribution in [-0.4, -0.2) is 24.6 Å². The van der Waals surface area contributed by atoms with Crippen LogP contribution < -0.4 is 0 Å². The Bertz CT molecular complexity index is 496. The van der Waals surface area contributed by atoms with E-state index >= 15 is 0 Å². The van der Waals surface area contributed by atoms with E-state index in [1.54, 1.807) is 0 Å². The monoisotopic (exact) mass is 286 g/mol. The van der Waals surface area contributed by atoms with E-state index in [1.165, 1.54) is 5.56 Å². The molecular weight excluding hydrogens is 264 g/mol. The van der Waals surface area contributed by atoms with Crippen molar-refractivity contribution in [3.63, 3.8) is 0 Å². The fraction of sp³-hybridized carbons (Fsp3) is 0.500. The van der Waals surface area contributed by atoms with Gasteiger partial charge in [-0.05, 0) is 31.2 Å². The normalized spacial score (nSPS) is 32.2. The van der Waals surface area contributed by atoms with Gasteiger partial charge in [0.15, 0.2) is 0 Å². The molecule has 0 radical (unpaired) electrons. The second-order valence-electron chi connectivity index (χ2n) is 5.96. The maximum Gasteiger partial charge on any atom is 0.126 e. The minimum atomic E-state index is -0.368. The van der Waals surface area contributed by atoms with E-state index in [9.17, 15) is 4.79 Å². The number of benzene rings is 1. The molecule has 0 amide bonds. The molecule has 3 rings (SSSR count). The van der Waals surface area contributed by atoms with E-state index in [0.717, 1.165) is 32.0 Å². The van der Waals surface area contributed by atoms with Gasteiger partial charge >= 0.3 is 0 Å². The summed E-state index contributed by atoms with van der Waals surface area (Å²) in [6, 6.07) is 10.2. The summed E-state index contributed by atoms with van der Waals surface area (Å²) >= 11 is 0. The number of carbonyl (C=O) groups is 1. The molecule has 0 N–H and O–H groups in total. The number of rotatable bonds is 4. The lowest BCUT2D eigenvalue weighted by atomic mass is 9.84. The molecule has 1 aliphatic heterocycles. The molecule has 0 saturated heterocycles. The fourth-order valence-corrected chi connectivity index (χ4v) is 3.39. The van der Waals surface area contributed by atoms with Crippen molar-refractivity contribution in [2.45, 2.75) is 44.0 Å². The Hall–Kier alpha value is -1.45. The van der Waals surface area contributed by atoms with Gasteiger partial charge in [0.1, 0.15) is 6.29 Å². The van der Waals surface area contributed by atoms with Crippen molar-refractivity contribution in [1.29, 1.82) is 0 Å². The molecule has 1 aromatic carbocycles. The van der Waals surface area contributed by atoms with Crippen LogP contribution in [0.15, 0.2) is 42.5 Å². The molecule has 21 heavy (non-hydrogen) atoms. The molecule has 3 heteroatoms. The Morgan fingerprint density at radius 1 is 1.33 bits per heavy atom. The summed E-state index contributed by atoms with van der Waals surface area (Å²) in [7, 11) is 0. The highest BCUT2D eigenvalue weighted by Gasteiger charge is 2.42. The molecule has 1 aromatic rings. The number of aldehydes is 1. The Balaban J connectivity index is 1.63. The highest BCUT2D eigenvalue weighted by Crippen LogP contribution is 2.39. The lowest BCUT2D eigenvalue weighted by molar-refractivity contribution is -0.121. The van der Waals surface area contributed by atoms with E-state index in [0.29, 0.717) is 13.2 Å². The Kier molecular flexibility index (Phi) is 4.51. The Morgan fingerprint density at radius 2 is 2.19 bits per heavy atom. The third-order valence-electron chi connectivity index (χ3n) is 4.58. The van der Waals surface area contributed by atoms with Gasteiger partial charge in [-0.1, -0.05) is 42.5 Å². The molecule has 2 aliphatic rings. The first-order valence-electron chi connectivity index (χ1n) is 7.75. The summed E-state index contributed by atoms with van der Waals surface area (Å²) < 4.78 is 11.9. The lowest BCUT2D eigenvalue weighted by Crippen LogP contribution is -2.38. The summed E-state index contributed by atoms with van der Waals surface area (Å²) in [5, 5.41) is 0. The van der Waals surface area contributed by atoms with Crippen LogP contribution in [0.1, 0.15) is 31.2 Å². The molecule has 1 fully saturated rings. The largest absolute Gasteiger partial charge is 0.374 e. The maximum absolute atomic E-state index is 11.5. The molecule has 3 nitrogen and oxygen atoms in total. The molecule has 1 aliphatic carbocycles. The highest BCUT2D eigenvalue weighted by atomic mass is 16.5. The average molecular weight is 286 g/mol.